The van der Waals surface area contributed by atoms with E-state index in [-0.39, 0.29) is 17.3 Å². The second-order valence-corrected chi connectivity index (χ2v) is 9.96. The molecule has 1 unspecified atom stereocenters. The van der Waals surface area contributed by atoms with Crippen molar-refractivity contribution in [2.75, 3.05) is 11.3 Å². The highest BCUT2D eigenvalue weighted by Crippen LogP contribution is 2.51. The molecule has 0 amide bonds. The molecule has 1 aromatic heterocycles. The average molecular weight is 437 g/mol. The Labute approximate surface area is 180 Å². The fraction of sp³-hybridized carbons (Fsp3) is 0.304. The molecule has 2 fully saturated rings. The molecule has 1 spiro atoms. The lowest BCUT2D eigenvalue weighted by Gasteiger charge is -2.30. The van der Waals surface area contributed by atoms with Crippen LogP contribution in [0.2, 0.25) is 0 Å². The molecule has 0 bridgehead atoms. The Bertz CT molecular complexity index is 1290. The SMILES string of the molecule is N#Cc1ccc(NS(=O)(=O)N2CC23CCC(c2ccnc4ccc(F)cc24)CC3)cc1. The number of aromatic nitrogens is 1. The monoisotopic (exact) mass is 436 g/mol. The van der Waals surface area contributed by atoms with Gasteiger partial charge in [-0.1, -0.05) is 0 Å². The van der Waals surface area contributed by atoms with E-state index in [0.29, 0.717) is 17.8 Å². The van der Waals surface area contributed by atoms with Gasteiger partial charge in [0.1, 0.15) is 5.82 Å². The van der Waals surface area contributed by atoms with Gasteiger partial charge >= 0.3 is 10.2 Å². The number of hydrogen-bond donors (Lipinski definition) is 1. The van der Waals surface area contributed by atoms with Gasteiger partial charge in [-0.25, -0.2) is 4.39 Å². The maximum atomic E-state index is 13.8. The summed E-state index contributed by atoms with van der Waals surface area (Å²) in [6, 6.07) is 15.0. The van der Waals surface area contributed by atoms with Gasteiger partial charge < -0.3 is 0 Å². The maximum Gasteiger partial charge on any atom is 0.302 e. The molecule has 3 aromatic rings. The Balaban J connectivity index is 1.29. The van der Waals surface area contributed by atoms with E-state index in [1.54, 1.807) is 40.8 Å². The summed E-state index contributed by atoms with van der Waals surface area (Å²) in [4.78, 5) is 4.33. The third kappa shape index (κ3) is 3.64. The van der Waals surface area contributed by atoms with Crippen LogP contribution >= 0.6 is 0 Å². The van der Waals surface area contributed by atoms with Crippen LogP contribution in [0.3, 0.4) is 0 Å². The van der Waals surface area contributed by atoms with Gasteiger partial charge in [0.15, 0.2) is 0 Å². The Morgan fingerprint density at radius 1 is 1.13 bits per heavy atom. The van der Waals surface area contributed by atoms with E-state index in [1.807, 2.05) is 12.1 Å². The molecule has 1 saturated heterocycles. The van der Waals surface area contributed by atoms with Crippen LogP contribution in [0, 0.1) is 17.1 Å². The van der Waals surface area contributed by atoms with E-state index in [9.17, 15) is 12.8 Å². The number of hydrogen-bond acceptors (Lipinski definition) is 4. The lowest BCUT2D eigenvalue weighted by Crippen LogP contribution is -2.31. The summed E-state index contributed by atoms with van der Waals surface area (Å²) in [6.45, 7) is 0.511. The summed E-state index contributed by atoms with van der Waals surface area (Å²) < 4.78 is 43.7. The second-order valence-electron chi connectivity index (χ2n) is 8.36. The van der Waals surface area contributed by atoms with Gasteiger partial charge in [0, 0.05) is 23.8 Å². The lowest BCUT2D eigenvalue weighted by molar-refractivity contribution is 0.336. The van der Waals surface area contributed by atoms with Crippen LogP contribution in [0.15, 0.2) is 54.7 Å². The minimum absolute atomic E-state index is 0.259. The highest BCUT2D eigenvalue weighted by Gasteiger charge is 2.59. The van der Waals surface area contributed by atoms with E-state index in [2.05, 4.69) is 9.71 Å². The number of nitrogens with one attached hydrogen (secondary N) is 1. The molecule has 2 aromatic carbocycles. The molecular weight excluding hydrogens is 415 g/mol. The fourth-order valence-corrected chi connectivity index (χ4v) is 6.40. The van der Waals surface area contributed by atoms with Crippen LogP contribution in [0.4, 0.5) is 10.1 Å². The minimum Gasteiger partial charge on any atom is -0.271 e. The van der Waals surface area contributed by atoms with Gasteiger partial charge in [0.05, 0.1) is 22.7 Å². The molecular formula is C23H21FN4O2S. The van der Waals surface area contributed by atoms with Crippen LogP contribution in [0.25, 0.3) is 10.9 Å². The predicted molar refractivity (Wildman–Crippen MR) is 116 cm³/mol. The minimum atomic E-state index is -3.65. The third-order valence-electron chi connectivity index (χ3n) is 6.51. The Morgan fingerprint density at radius 3 is 2.58 bits per heavy atom. The number of rotatable bonds is 4. The summed E-state index contributed by atoms with van der Waals surface area (Å²) in [5.74, 6) is -0.0167. The number of halogens is 1. The summed E-state index contributed by atoms with van der Waals surface area (Å²) in [5, 5.41) is 9.72. The quantitative estimate of drug-likeness (QED) is 0.618. The standard InChI is InChI=1S/C23H21FN4O2S/c24-18-3-6-22-21(13-18)20(9-12-26-22)17-7-10-23(11-8-17)15-28(23)31(29,30)27-19-4-1-16(14-25)2-5-19/h1-6,9,12-13,17,27H,7-8,10-11,15H2. The zero-order valence-corrected chi connectivity index (χ0v) is 17.6. The molecule has 6 nitrogen and oxygen atoms in total. The molecule has 0 radical (unpaired) electrons. The average Bonchev–Trinajstić information content (AvgIpc) is 3.49. The molecule has 1 aliphatic carbocycles. The first-order valence-corrected chi connectivity index (χ1v) is 11.7. The van der Waals surface area contributed by atoms with Crippen molar-refractivity contribution in [1.29, 1.82) is 5.26 Å². The number of fused-ring (bicyclic) bond motifs is 1. The number of pyridine rings is 1. The van der Waals surface area contributed by atoms with Crippen LogP contribution in [0.1, 0.15) is 42.7 Å². The molecule has 2 aliphatic rings. The molecule has 1 saturated carbocycles. The topological polar surface area (TPSA) is 85.9 Å². The van der Waals surface area contributed by atoms with Gasteiger partial charge in [0.25, 0.3) is 0 Å². The Morgan fingerprint density at radius 2 is 1.87 bits per heavy atom. The van der Waals surface area contributed by atoms with E-state index in [4.69, 9.17) is 5.26 Å². The summed E-state index contributed by atoms with van der Waals surface area (Å²) >= 11 is 0. The zero-order valence-electron chi connectivity index (χ0n) is 16.8. The maximum absolute atomic E-state index is 13.8. The van der Waals surface area contributed by atoms with Gasteiger partial charge in [-0.05, 0) is 85.7 Å². The Kier molecular flexibility index (Phi) is 4.68. The molecule has 31 heavy (non-hydrogen) atoms. The lowest BCUT2D eigenvalue weighted by atomic mass is 9.77. The van der Waals surface area contributed by atoms with Crippen molar-refractivity contribution in [1.82, 2.24) is 9.29 Å². The van der Waals surface area contributed by atoms with Gasteiger partial charge in [-0.3, -0.25) is 9.71 Å². The van der Waals surface area contributed by atoms with Gasteiger partial charge in [-0.15, -0.1) is 0 Å². The normalized spacial score (nSPS) is 25.3. The largest absolute Gasteiger partial charge is 0.302 e. The molecule has 2 heterocycles. The van der Waals surface area contributed by atoms with Crippen molar-refractivity contribution in [3.8, 4) is 6.07 Å². The molecule has 5 rings (SSSR count). The number of benzene rings is 2. The van der Waals surface area contributed by atoms with E-state index in [1.165, 1.54) is 12.1 Å². The van der Waals surface area contributed by atoms with Crippen molar-refractivity contribution in [3.05, 3.63) is 71.7 Å². The van der Waals surface area contributed by atoms with E-state index in [0.717, 1.165) is 42.1 Å². The van der Waals surface area contributed by atoms with Crippen molar-refractivity contribution < 1.29 is 12.8 Å². The summed E-state index contributed by atoms with van der Waals surface area (Å²) in [7, 11) is -3.65. The van der Waals surface area contributed by atoms with Gasteiger partial charge in [-0.2, -0.15) is 18.0 Å². The van der Waals surface area contributed by atoms with Crippen LogP contribution in [0.5, 0.6) is 0 Å². The molecule has 1 atom stereocenters. The van der Waals surface area contributed by atoms with Crippen molar-refractivity contribution in [2.45, 2.75) is 37.1 Å². The zero-order chi connectivity index (χ0) is 21.6. The van der Waals surface area contributed by atoms with Crippen molar-refractivity contribution >= 4 is 26.8 Å². The van der Waals surface area contributed by atoms with E-state index < -0.39 is 10.2 Å². The number of nitrogens with zero attached hydrogens (tertiary/aromatic N) is 3. The van der Waals surface area contributed by atoms with Crippen LogP contribution < -0.4 is 4.72 Å². The first-order valence-electron chi connectivity index (χ1n) is 10.3. The summed E-state index contributed by atoms with van der Waals surface area (Å²) in [5.41, 5.74) is 2.46. The first-order chi connectivity index (χ1) is 14.9. The number of anilines is 1. The van der Waals surface area contributed by atoms with Gasteiger partial charge in [0.2, 0.25) is 0 Å². The molecule has 158 valence electrons. The first kappa shape index (κ1) is 19.9. The molecule has 1 aliphatic heterocycles. The molecule has 8 heteroatoms. The van der Waals surface area contributed by atoms with Crippen LogP contribution in [-0.4, -0.2) is 29.8 Å². The highest BCUT2D eigenvalue weighted by atomic mass is 32.2. The smallest absolute Gasteiger partial charge is 0.271 e. The number of nitriles is 1. The third-order valence-corrected chi connectivity index (χ3v) is 8.10. The second kappa shape index (κ2) is 7.29. The summed E-state index contributed by atoms with van der Waals surface area (Å²) in [6.07, 6.45) is 4.99. The Hall–Kier alpha value is -3.02. The van der Waals surface area contributed by atoms with Crippen molar-refractivity contribution in [2.24, 2.45) is 0 Å². The predicted octanol–water partition coefficient (Wildman–Crippen LogP) is 4.31. The molecule has 1 N–H and O–H groups in total. The van der Waals surface area contributed by atoms with E-state index >= 15 is 0 Å². The van der Waals surface area contributed by atoms with Crippen LogP contribution in [-0.2, 0) is 10.2 Å². The highest BCUT2D eigenvalue weighted by molar-refractivity contribution is 7.90. The fourth-order valence-electron chi connectivity index (χ4n) is 4.76. The van der Waals surface area contributed by atoms with Crippen molar-refractivity contribution in [3.63, 3.8) is 0 Å².